The lowest BCUT2D eigenvalue weighted by Gasteiger charge is -2.04. The molecule has 1 nitrogen and oxygen atoms in total. The van der Waals surface area contributed by atoms with Crippen LogP contribution in [0.2, 0.25) is 5.02 Å². The van der Waals surface area contributed by atoms with Crippen LogP contribution in [-0.4, -0.2) is 7.11 Å². The Balaban J connectivity index is 2.31. The van der Waals surface area contributed by atoms with Crippen molar-refractivity contribution >= 4 is 54.0 Å². The summed E-state index contributed by atoms with van der Waals surface area (Å²) in [5.41, 5.74) is 2.15. The van der Waals surface area contributed by atoms with E-state index in [0.717, 1.165) is 25.8 Å². The van der Waals surface area contributed by atoms with Crippen LogP contribution in [0.15, 0.2) is 46.9 Å². The Bertz CT molecular complexity index is 606. The number of hydrogen-bond donors (Lipinski definition) is 0. The van der Waals surface area contributed by atoms with E-state index in [0.29, 0.717) is 5.02 Å². The zero-order valence-corrected chi connectivity index (χ0v) is 14.1. The first-order valence-electron chi connectivity index (χ1n) is 5.57. The third-order valence-electron chi connectivity index (χ3n) is 2.61. The van der Waals surface area contributed by atoms with E-state index in [2.05, 4.69) is 31.9 Å². The Kier molecular flexibility index (Phi) is 5.08. The van der Waals surface area contributed by atoms with Gasteiger partial charge in [0.2, 0.25) is 0 Å². The fourth-order valence-corrected chi connectivity index (χ4v) is 2.90. The van der Waals surface area contributed by atoms with E-state index in [1.165, 1.54) is 0 Å². The van der Waals surface area contributed by atoms with Gasteiger partial charge in [-0.05, 0) is 41.5 Å². The molecule has 0 bridgehead atoms. The van der Waals surface area contributed by atoms with Gasteiger partial charge in [-0.3, -0.25) is 0 Å². The molecular weight excluding hydrogens is 391 g/mol. The first kappa shape index (κ1) is 14.6. The Morgan fingerprint density at radius 3 is 2.42 bits per heavy atom. The van der Waals surface area contributed by atoms with E-state index in [1.54, 1.807) is 7.11 Å². The second-order valence-corrected chi connectivity index (χ2v) is 6.03. The summed E-state index contributed by atoms with van der Waals surface area (Å²) >= 11 is 13.0. The molecule has 0 N–H and O–H groups in total. The molecule has 0 aliphatic heterocycles. The van der Waals surface area contributed by atoms with Crippen LogP contribution in [-0.2, 0) is 0 Å². The van der Waals surface area contributed by atoms with Crippen LogP contribution in [0.4, 0.5) is 0 Å². The predicted octanol–water partition coefficient (Wildman–Crippen LogP) is 6.00. The Morgan fingerprint density at radius 1 is 1.16 bits per heavy atom. The molecule has 0 amide bonds. The normalized spacial score (nSPS) is 11.5. The third kappa shape index (κ3) is 3.85. The zero-order valence-electron chi connectivity index (χ0n) is 10.2. The molecule has 4 heteroatoms. The number of halogens is 3. The van der Waals surface area contributed by atoms with Gasteiger partial charge in [0, 0.05) is 14.0 Å². The van der Waals surface area contributed by atoms with Gasteiger partial charge in [-0.15, -0.1) is 0 Å². The highest BCUT2D eigenvalue weighted by molar-refractivity contribution is 9.15. The molecule has 0 unspecified atom stereocenters. The van der Waals surface area contributed by atoms with E-state index < -0.39 is 0 Å². The summed E-state index contributed by atoms with van der Waals surface area (Å²) in [6, 6.07) is 13.6. The number of rotatable bonds is 3. The molecule has 19 heavy (non-hydrogen) atoms. The molecule has 0 saturated carbocycles. The highest BCUT2D eigenvalue weighted by Crippen LogP contribution is 2.29. The number of ether oxygens (including phenoxy) is 1. The van der Waals surface area contributed by atoms with Gasteiger partial charge in [0.15, 0.2) is 0 Å². The second kappa shape index (κ2) is 6.60. The van der Waals surface area contributed by atoms with E-state index in [9.17, 15) is 0 Å². The summed E-state index contributed by atoms with van der Waals surface area (Å²) < 4.78 is 7.10. The van der Waals surface area contributed by atoms with Crippen molar-refractivity contribution < 1.29 is 4.74 Å². The quantitative estimate of drug-likeness (QED) is 0.572. The summed E-state index contributed by atoms with van der Waals surface area (Å²) in [4.78, 5) is 0. The standard InChI is InChI=1S/C15H11Br2ClO/c1-19-13-6-3-10(4-7-13)14(16)8-11-2-5-12(18)9-15(11)17/h2-9H,1H3/b14-8-. The van der Waals surface area contributed by atoms with Crippen molar-refractivity contribution in [1.82, 2.24) is 0 Å². The summed E-state index contributed by atoms with van der Waals surface area (Å²) in [7, 11) is 1.66. The molecule has 2 aromatic carbocycles. The average molecular weight is 403 g/mol. The van der Waals surface area contributed by atoms with E-state index in [-0.39, 0.29) is 0 Å². The van der Waals surface area contributed by atoms with Crippen LogP contribution in [0.3, 0.4) is 0 Å². The third-order valence-corrected chi connectivity index (χ3v) is 4.22. The van der Waals surface area contributed by atoms with Crippen LogP contribution in [0.1, 0.15) is 11.1 Å². The van der Waals surface area contributed by atoms with Gasteiger partial charge >= 0.3 is 0 Å². The number of methoxy groups -OCH3 is 1. The van der Waals surface area contributed by atoms with Gasteiger partial charge in [-0.2, -0.15) is 0 Å². The van der Waals surface area contributed by atoms with Crippen LogP contribution in [0.25, 0.3) is 10.6 Å². The topological polar surface area (TPSA) is 9.23 Å². The minimum absolute atomic E-state index is 0.713. The highest BCUT2D eigenvalue weighted by atomic mass is 79.9. The van der Waals surface area contributed by atoms with Crippen molar-refractivity contribution in [2.24, 2.45) is 0 Å². The number of benzene rings is 2. The molecule has 0 radical (unpaired) electrons. The van der Waals surface area contributed by atoms with Crippen LogP contribution in [0.5, 0.6) is 5.75 Å². The lowest BCUT2D eigenvalue weighted by molar-refractivity contribution is 0.415. The van der Waals surface area contributed by atoms with Crippen molar-refractivity contribution in [3.05, 3.63) is 63.1 Å². The molecule has 2 aromatic rings. The largest absolute Gasteiger partial charge is 0.497 e. The molecule has 0 atom stereocenters. The van der Waals surface area contributed by atoms with E-state index in [4.69, 9.17) is 16.3 Å². The van der Waals surface area contributed by atoms with Gasteiger partial charge in [-0.25, -0.2) is 0 Å². The molecule has 0 aliphatic rings. The lowest BCUT2D eigenvalue weighted by atomic mass is 10.1. The average Bonchev–Trinajstić information content (AvgIpc) is 2.42. The molecule has 0 aromatic heterocycles. The fraction of sp³-hybridized carbons (Fsp3) is 0.0667. The van der Waals surface area contributed by atoms with Gasteiger partial charge in [0.25, 0.3) is 0 Å². The highest BCUT2D eigenvalue weighted by Gasteiger charge is 2.02. The van der Waals surface area contributed by atoms with Crippen LogP contribution >= 0.6 is 43.5 Å². The SMILES string of the molecule is COc1ccc(/C(Br)=C/c2ccc(Cl)cc2Br)cc1. The van der Waals surface area contributed by atoms with Crippen molar-refractivity contribution in [1.29, 1.82) is 0 Å². The van der Waals surface area contributed by atoms with Crippen molar-refractivity contribution in [2.75, 3.05) is 7.11 Å². The summed E-state index contributed by atoms with van der Waals surface area (Å²) in [5, 5.41) is 0.713. The van der Waals surface area contributed by atoms with E-state index in [1.807, 2.05) is 48.5 Å². The maximum Gasteiger partial charge on any atom is 0.118 e. The number of hydrogen-bond acceptors (Lipinski definition) is 1. The molecule has 0 heterocycles. The molecule has 0 saturated heterocycles. The predicted molar refractivity (Wildman–Crippen MR) is 88.9 cm³/mol. The minimum Gasteiger partial charge on any atom is -0.497 e. The van der Waals surface area contributed by atoms with E-state index >= 15 is 0 Å². The monoisotopic (exact) mass is 400 g/mol. The molecule has 0 fully saturated rings. The first-order valence-corrected chi connectivity index (χ1v) is 7.53. The summed E-state index contributed by atoms with van der Waals surface area (Å²) in [6.07, 6.45) is 2.04. The second-order valence-electron chi connectivity index (χ2n) is 3.89. The Morgan fingerprint density at radius 2 is 1.84 bits per heavy atom. The molecule has 2 rings (SSSR count). The van der Waals surface area contributed by atoms with Gasteiger partial charge in [0.05, 0.1) is 7.11 Å². The van der Waals surface area contributed by atoms with Crippen molar-refractivity contribution in [2.45, 2.75) is 0 Å². The molecular formula is C15H11Br2ClO. The fourth-order valence-electron chi connectivity index (χ4n) is 1.59. The maximum absolute atomic E-state index is 5.93. The zero-order chi connectivity index (χ0) is 13.8. The summed E-state index contributed by atoms with van der Waals surface area (Å²) in [5.74, 6) is 0.844. The minimum atomic E-state index is 0.713. The lowest BCUT2D eigenvalue weighted by Crippen LogP contribution is -1.83. The van der Waals surface area contributed by atoms with Gasteiger partial charge < -0.3 is 4.74 Å². The van der Waals surface area contributed by atoms with Crippen molar-refractivity contribution in [3.63, 3.8) is 0 Å². The van der Waals surface area contributed by atoms with Crippen LogP contribution in [0, 0.1) is 0 Å². The molecule has 0 spiro atoms. The van der Waals surface area contributed by atoms with Gasteiger partial charge in [-0.1, -0.05) is 61.7 Å². The maximum atomic E-state index is 5.93. The Hall–Kier alpha value is -0.770. The van der Waals surface area contributed by atoms with Crippen molar-refractivity contribution in [3.8, 4) is 5.75 Å². The van der Waals surface area contributed by atoms with Crippen LogP contribution < -0.4 is 4.74 Å². The molecule has 98 valence electrons. The summed E-state index contributed by atoms with van der Waals surface area (Å²) in [6.45, 7) is 0. The smallest absolute Gasteiger partial charge is 0.118 e. The van der Waals surface area contributed by atoms with Gasteiger partial charge in [0.1, 0.15) is 5.75 Å². The Labute approximate surface area is 134 Å². The molecule has 0 aliphatic carbocycles. The first-order chi connectivity index (χ1) is 9.10.